The zero-order valence-electron chi connectivity index (χ0n) is 12.4. The predicted octanol–water partition coefficient (Wildman–Crippen LogP) is 2.05. The van der Waals surface area contributed by atoms with E-state index >= 15 is 0 Å². The molecule has 0 radical (unpaired) electrons. The predicted molar refractivity (Wildman–Crippen MR) is 77.3 cm³/mol. The number of rotatable bonds is 3. The minimum absolute atomic E-state index is 0.125. The van der Waals surface area contributed by atoms with E-state index in [-0.39, 0.29) is 11.8 Å². The van der Waals surface area contributed by atoms with Crippen LogP contribution in [0.1, 0.15) is 58.8 Å². The van der Waals surface area contributed by atoms with Crippen LogP contribution in [0.15, 0.2) is 0 Å². The van der Waals surface area contributed by atoms with Crippen molar-refractivity contribution in [1.29, 1.82) is 0 Å². The first kappa shape index (κ1) is 14.8. The van der Waals surface area contributed by atoms with Crippen LogP contribution in [0.25, 0.3) is 0 Å². The van der Waals surface area contributed by atoms with Crippen LogP contribution in [0.5, 0.6) is 0 Å². The number of nitrogens with two attached hydrogens (primary N) is 1. The van der Waals surface area contributed by atoms with Crippen molar-refractivity contribution >= 4 is 5.91 Å². The molecule has 1 saturated carbocycles. The molecule has 1 saturated heterocycles. The average molecular weight is 267 g/mol. The fourth-order valence-electron chi connectivity index (χ4n) is 3.69. The quantitative estimate of drug-likeness (QED) is 0.823. The summed E-state index contributed by atoms with van der Waals surface area (Å²) >= 11 is 0. The Kier molecular flexibility index (Phi) is 5.22. The monoisotopic (exact) mass is 267 g/mol. The lowest BCUT2D eigenvalue weighted by Gasteiger charge is -2.40. The van der Waals surface area contributed by atoms with Gasteiger partial charge in [-0.25, -0.2) is 5.01 Å². The van der Waals surface area contributed by atoms with Gasteiger partial charge in [0, 0.05) is 18.0 Å². The molecule has 0 aromatic carbocycles. The van der Waals surface area contributed by atoms with Crippen molar-refractivity contribution in [1.82, 2.24) is 10.4 Å². The fraction of sp³-hybridized carbons (Fsp3) is 0.933. The van der Waals surface area contributed by atoms with Gasteiger partial charge >= 0.3 is 0 Å². The summed E-state index contributed by atoms with van der Waals surface area (Å²) in [5.74, 6) is 0.708. The van der Waals surface area contributed by atoms with E-state index in [2.05, 4.69) is 24.3 Å². The summed E-state index contributed by atoms with van der Waals surface area (Å²) in [6.45, 7) is 5.05. The zero-order chi connectivity index (χ0) is 13.8. The summed E-state index contributed by atoms with van der Waals surface area (Å²) in [6, 6.07) is 0.903. The van der Waals surface area contributed by atoms with Crippen molar-refractivity contribution in [2.45, 2.75) is 70.9 Å². The van der Waals surface area contributed by atoms with E-state index in [1.807, 2.05) is 0 Å². The van der Waals surface area contributed by atoms with Crippen LogP contribution in [-0.2, 0) is 4.79 Å². The van der Waals surface area contributed by atoms with Crippen LogP contribution in [0.4, 0.5) is 0 Å². The van der Waals surface area contributed by atoms with Crippen molar-refractivity contribution in [3.8, 4) is 0 Å². The Labute approximate surface area is 117 Å². The second kappa shape index (κ2) is 6.71. The molecule has 2 rings (SSSR count). The van der Waals surface area contributed by atoms with Crippen LogP contribution in [0, 0.1) is 11.8 Å². The van der Waals surface area contributed by atoms with Crippen molar-refractivity contribution in [2.75, 3.05) is 6.54 Å². The van der Waals surface area contributed by atoms with Crippen LogP contribution in [-0.4, -0.2) is 29.5 Å². The van der Waals surface area contributed by atoms with Crippen molar-refractivity contribution in [2.24, 2.45) is 17.6 Å². The molecule has 0 aromatic rings. The van der Waals surface area contributed by atoms with E-state index in [1.165, 1.54) is 32.1 Å². The molecule has 3 N–H and O–H groups in total. The number of amides is 1. The summed E-state index contributed by atoms with van der Waals surface area (Å²) in [5.41, 5.74) is 9.02. The topological polar surface area (TPSA) is 58.4 Å². The highest BCUT2D eigenvalue weighted by molar-refractivity contribution is 5.78. The number of carbonyl (C=O) groups is 1. The standard InChI is InChI=1S/C15H29N3O/c1-11-6-5-7-12(2)18(11)17-15(19)14-9-4-3-8-13(14)10-16/h11-14H,3-10,16H2,1-2H3,(H,17,19). The molecule has 1 amide bonds. The number of hydrazine groups is 1. The van der Waals surface area contributed by atoms with Crippen LogP contribution in [0.3, 0.4) is 0 Å². The van der Waals surface area contributed by atoms with Crippen molar-refractivity contribution in [3.05, 3.63) is 0 Å². The molecule has 0 bridgehead atoms. The third kappa shape index (κ3) is 3.48. The number of nitrogens with zero attached hydrogens (tertiary/aromatic N) is 1. The number of nitrogens with one attached hydrogen (secondary N) is 1. The van der Waals surface area contributed by atoms with Gasteiger partial charge in [0.2, 0.25) is 5.91 Å². The van der Waals surface area contributed by atoms with Gasteiger partial charge in [-0.1, -0.05) is 19.3 Å². The van der Waals surface area contributed by atoms with Gasteiger partial charge in [-0.05, 0) is 52.0 Å². The highest BCUT2D eigenvalue weighted by Crippen LogP contribution is 2.30. The lowest BCUT2D eigenvalue weighted by molar-refractivity contribution is -0.136. The highest BCUT2D eigenvalue weighted by atomic mass is 16.2. The minimum Gasteiger partial charge on any atom is -0.330 e. The SMILES string of the molecule is CC1CCCC(C)N1NC(=O)C1CCCCC1CN. The molecule has 2 fully saturated rings. The number of hydrogen-bond donors (Lipinski definition) is 2. The van der Waals surface area contributed by atoms with E-state index in [9.17, 15) is 4.79 Å². The molecule has 110 valence electrons. The van der Waals surface area contributed by atoms with Gasteiger partial charge < -0.3 is 5.73 Å². The third-order valence-electron chi connectivity index (χ3n) is 4.98. The first-order valence-electron chi connectivity index (χ1n) is 7.92. The van der Waals surface area contributed by atoms with E-state index < -0.39 is 0 Å². The molecule has 1 aliphatic heterocycles. The van der Waals surface area contributed by atoms with Crippen molar-refractivity contribution in [3.63, 3.8) is 0 Å². The lowest BCUT2D eigenvalue weighted by atomic mass is 9.79. The summed E-state index contributed by atoms with van der Waals surface area (Å²) in [6.07, 6.45) is 8.13. The Bertz CT molecular complexity index is 298. The second-order valence-electron chi connectivity index (χ2n) is 6.40. The van der Waals surface area contributed by atoms with Crippen LogP contribution >= 0.6 is 0 Å². The van der Waals surface area contributed by atoms with E-state index in [0.29, 0.717) is 24.5 Å². The molecule has 0 spiro atoms. The third-order valence-corrected chi connectivity index (χ3v) is 4.98. The summed E-state index contributed by atoms with van der Waals surface area (Å²) < 4.78 is 0. The number of carbonyl (C=O) groups excluding carboxylic acids is 1. The Morgan fingerprint density at radius 3 is 2.37 bits per heavy atom. The molecule has 19 heavy (non-hydrogen) atoms. The largest absolute Gasteiger partial charge is 0.330 e. The number of hydrogen-bond acceptors (Lipinski definition) is 3. The van der Waals surface area contributed by atoms with E-state index in [0.717, 1.165) is 12.8 Å². The molecule has 2 aliphatic rings. The second-order valence-corrected chi connectivity index (χ2v) is 6.40. The Hall–Kier alpha value is -0.610. The maximum atomic E-state index is 12.5. The maximum Gasteiger partial charge on any atom is 0.237 e. The minimum atomic E-state index is 0.125. The Balaban J connectivity index is 1.95. The van der Waals surface area contributed by atoms with Gasteiger partial charge in [-0.3, -0.25) is 10.2 Å². The first-order chi connectivity index (χ1) is 9.13. The Morgan fingerprint density at radius 1 is 1.11 bits per heavy atom. The fourth-order valence-corrected chi connectivity index (χ4v) is 3.69. The zero-order valence-corrected chi connectivity index (χ0v) is 12.4. The summed E-state index contributed by atoms with van der Waals surface area (Å²) in [7, 11) is 0. The smallest absolute Gasteiger partial charge is 0.237 e. The summed E-state index contributed by atoms with van der Waals surface area (Å²) in [4.78, 5) is 12.5. The normalized spacial score (nSPS) is 37.0. The molecular weight excluding hydrogens is 238 g/mol. The van der Waals surface area contributed by atoms with Gasteiger partial charge in [0.1, 0.15) is 0 Å². The summed E-state index contributed by atoms with van der Waals surface area (Å²) in [5, 5.41) is 2.17. The van der Waals surface area contributed by atoms with E-state index in [1.54, 1.807) is 0 Å². The first-order valence-corrected chi connectivity index (χ1v) is 7.92. The molecule has 0 aromatic heterocycles. The molecule has 1 heterocycles. The van der Waals surface area contributed by atoms with Crippen LogP contribution in [0.2, 0.25) is 0 Å². The van der Waals surface area contributed by atoms with Gasteiger partial charge in [0.05, 0.1) is 0 Å². The number of piperidine rings is 1. The molecule has 4 heteroatoms. The molecule has 4 unspecified atom stereocenters. The molecule has 4 nitrogen and oxygen atoms in total. The molecular formula is C15H29N3O. The Morgan fingerprint density at radius 2 is 1.74 bits per heavy atom. The lowest BCUT2D eigenvalue weighted by Crippen LogP contribution is -2.56. The maximum absolute atomic E-state index is 12.5. The molecule has 4 atom stereocenters. The van der Waals surface area contributed by atoms with Gasteiger partial charge in [0.15, 0.2) is 0 Å². The van der Waals surface area contributed by atoms with Crippen LogP contribution < -0.4 is 11.2 Å². The van der Waals surface area contributed by atoms with Gasteiger partial charge in [-0.15, -0.1) is 0 Å². The highest BCUT2D eigenvalue weighted by Gasteiger charge is 2.33. The van der Waals surface area contributed by atoms with Crippen molar-refractivity contribution < 1.29 is 4.79 Å². The van der Waals surface area contributed by atoms with E-state index in [4.69, 9.17) is 5.73 Å². The van der Waals surface area contributed by atoms with Gasteiger partial charge in [0.25, 0.3) is 0 Å². The van der Waals surface area contributed by atoms with Gasteiger partial charge in [-0.2, -0.15) is 0 Å². The average Bonchev–Trinajstić information content (AvgIpc) is 2.42. The molecule has 1 aliphatic carbocycles.